The summed E-state index contributed by atoms with van der Waals surface area (Å²) in [6.45, 7) is 0. The first kappa shape index (κ1) is 17.7. The zero-order valence-corrected chi connectivity index (χ0v) is 13.8. The van der Waals surface area contributed by atoms with Gasteiger partial charge in [-0.3, -0.25) is 25.1 Å². The molecule has 0 spiro atoms. The second kappa shape index (κ2) is 7.29. The molecule has 0 heterocycles. The van der Waals surface area contributed by atoms with Crippen LogP contribution in [0.15, 0.2) is 42.5 Å². The van der Waals surface area contributed by atoms with Gasteiger partial charge in [-0.05, 0) is 24.3 Å². The fourth-order valence-electron chi connectivity index (χ4n) is 1.87. The maximum absolute atomic E-state index is 12.2. The second-order valence-electron chi connectivity index (χ2n) is 4.69. The molecule has 0 aliphatic heterocycles. The van der Waals surface area contributed by atoms with Gasteiger partial charge in [0.05, 0.1) is 20.5 Å². The Morgan fingerprint density at radius 1 is 1.08 bits per heavy atom. The van der Waals surface area contributed by atoms with Crippen molar-refractivity contribution in [3.05, 3.63) is 68.2 Å². The Morgan fingerprint density at radius 2 is 1.62 bits per heavy atom. The first-order valence-corrected chi connectivity index (χ1v) is 7.34. The fraction of sp³-hybridized carbons (Fsp3) is 0.0667. The molecule has 7 nitrogen and oxygen atoms in total. The van der Waals surface area contributed by atoms with Gasteiger partial charge < -0.3 is 0 Å². The minimum atomic E-state index is -0.746. The normalized spacial score (nSPS) is 10.1. The zero-order chi connectivity index (χ0) is 17.9. The van der Waals surface area contributed by atoms with Gasteiger partial charge in [-0.2, -0.15) is 0 Å². The second-order valence-corrected chi connectivity index (χ2v) is 5.50. The fourth-order valence-corrected chi connectivity index (χ4v) is 2.44. The van der Waals surface area contributed by atoms with E-state index in [1.54, 1.807) is 6.07 Å². The number of amides is 3. The minimum Gasteiger partial charge on any atom is -0.297 e. The Labute approximate surface area is 146 Å². The van der Waals surface area contributed by atoms with Gasteiger partial charge in [0.25, 0.3) is 11.6 Å². The number of carbonyl (C=O) groups is 2. The number of nitro groups is 1. The van der Waals surface area contributed by atoms with E-state index in [4.69, 9.17) is 23.2 Å². The summed E-state index contributed by atoms with van der Waals surface area (Å²) in [5.41, 5.74) is 0.258. The summed E-state index contributed by atoms with van der Waals surface area (Å²) < 4.78 is 0. The topological polar surface area (TPSA) is 92.6 Å². The van der Waals surface area contributed by atoms with Gasteiger partial charge in [-0.25, -0.2) is 4.79 Å². The summed E-state index contributed by atoms with van der Waals surface area (Å²) >= 11 is 11.8. The number of hydrogen-bond acceptors (Lipinski definition) is 4. The molecule has 0 saturated carbocycles. The van der Waals surface area contributed by atoms with Crippen molar-refractivity contribution >= 4 is 46.5 Å². The van der Waals surface area contributed by atoms with E-state index in [1.165, 1.54) is 43.4 Å². The summed E-state index contributed by atoms with van der Waals surface area (Å²) in [6.07, 6.45) is 0. The average Bonchev–Trinajstić information content (AvgIpc) is 2.54. The highest BCUT2D eigenvalue weighted by Gasteiger charge is 2.20. The molecule has 0 atom stereocenters. The summed E-state index contributed by atoms with van der Waals surface area (Å²) in [6, 6.07) is 9.10. The van der Waals surface area contributed by atoms with Crippen LogP contribution in [0.3, 0.4) is 0 Å². The van der Waals surface area contributed by atoms with Gasteiger partial charge in [0.15, 0.2) is 0 Å². The quantitative estimate of drug-likeness (QED) is 0.657. The first-order chi connectivity index (χ1) is 11.3. The number of nitrogens with one attached hydrogen (secondary N) is 1. The summed E-state index contributed by atoms with van der Waals surface area (Å²) in [7, 11) is 1.41. The number of halogens is 2. The molecular weight excluding hydrogens is 357 g/mol. The molecule has 0 aliphatic rings. The summed E-state index contributed by atoms with van der Waals surface area (Å²) in [4.78, 5) is 35.5. The van der Waals surface area contributed by atoms with Crippen molar-refractivity contribution in [2.75, 3.05) is 11.9 Å². The molecule has 0 aliphatic carbocycles. The van der Waals surface area contributed by atoms with Crippen LogP contribution in [0.1, 0.15) is 10.4 Å². The van der Waals surface area contributed by atoms with Gasteiger partial charge in [0.1, 0.15) is 0 Å². The molecule has 2 aromatic rings. The lowest BCUT2D eigenvalue weighted by Crippen LogP contribution is -2.41. The third-order valence-electron chi connectivity index (χ3n) is 3.16. The number of benzene rings is 2. The predicted octanol–water partition coefficient (Wildman–Crippen LogP) is 3.89. The van der Waals surface area contributed by atoms with Crippen LogP contribution in [-0.4, -0.2) is 23.9 Å². The maximum Gasteiger partial charge on any atom is 0.328 e. The molecule has 3 amide bonds. The molecule has 0 radical (unpaired) electrons. The SMILES string of the molecule is CN(C(=O)NC(=O)c1c(Cl)cccc1Cl)c1ccc([N+](=O)[O-])cc1. The van der Waals surface area contributed by atoms with E-state index >= 15 is 0 Å². The van der Waals surface area contributed by atoms with E-state index in [-0.39, 0.29) is 21.3 Å². The lowest BCUT2D eigenvalue weighted by molar-refractivity contribution is -0.384. The van der Waals surface area contributed by atoms with Gasteiger partial charge >= 0.3 is 6.03 Å². The van der Waals surface area contributed by atoms with E-state index in [1.807, 2.05) is 0 Å². The molecule has 0 saturated heterocycles. The van der Waals surface area contributed by atoms with Gasteiger partial charge in [-0.1, -0.05) is 29.3 Å². The Bertz CT molecular complexity index is 789. The number of imide groups is 1. The van der Waals surface area contributed by atoms with Crippen LogP contribution in [-0.2, 0) is 0 Å². The van der Waals surface area contributed by atoms with Gasteiger partial charge in [0.2, 0.25) is 0 Å². The van der Waals surface area contributed by atoms with Crippen LogP contribution >= 0.6 is 23.2 Å². The summed E-state index contributed by atoms with van der Waals surface area (Å²) in [5, 5.41) is 13.0. The Kier molecular flexibility index (Phi) is 5.38. The molecule has 0 aromatic heterocycles. The average molecular weight is 368 g/mol. The largest absolute Gasteiger partial charge is 0.328 e. The molecule has 1 N–H and O–H groups in total. The highest BCUT2D eigenvalue weighted by molar-refractivity contribution is 6.40. The number of nitrogens with zero attached hydrogens (tertiary/aromatic N) is 2. The molecule has 124 valence electrons. The van der Waals surface area contributed by atoms with Gasteiger partial charge in [-0.15, -0.1) is 0 Å². The van der Waals surface area contributed by atoms with Crippen molar-refractivity contribution in [1.29, 1.82) is 0 Å². The number of anilines is 1. The van der Waals surface area contributed by atoms with E-state index < -0.39 is 16.9 Å². The Hall–Kier alpha value is -2.64. The standard InChI is InChI=1S/C15H11Cl2N3O4/c1-19(9-5-7-10(8-6-9)20(23)24)15(22)18-14(21)13-11(16)3-2-4-12(13)17/h2-8H,1H3,(H,18,21,22). The van der Waals surface area contributed by atoms with Crippen LogP contribution in [0.4, 0.5) is 16.2 Å². The number of urea groups is 1. The molecule has 2 aromatic carbocycles. The highest BCUT2D eigenvalue weighted by atomic mass is 35.5. The van der Waals surface area contributed by atoms with Crippen LogP contribution in [0.2, 0.25) is 10.0 Å². The number of nitro benzene ring substituents is 1. The van der Waals surface area contributed by atoms with Crippen LogP contribution in [0.25, 0.3) is 0 Å². The third-order valence-corrected chi connectivity index (χ3v) is 3.79. The molecule has 24 heavy (non-hydrogen) atoms. The van der Waals surface area contributed by atoms with Gasteiger partial charge in [0, 0.05) is 24.9 Å². The van der Waals surface area contributed by atoms with E-state index in [9.17, 15) is 19.7 Å². The molecule has 2 rings (SSSR count). The van der Waals surface area contributed by atoms with Crippen molar-refractivity contribution in [1.82, 2.24) is 5.32 Å². The Morgan fingerprint density at radius 3 is 2.12 bits per heavy atom. The zero-order valence-electron chi connectivity index (χ0n) is 12.3. The smallest absolute Gasteiger partial charge is 0.297 e. The first-order valence-electron chi connectivity index (χ1n) is 6.58. The van der Waals surface area contributed by atoms with Crippen LogP contribution in [0.5, 0.6) is 0 Å². The van der Waals surface area contributed by atoms with E-state index in [0.717, 1.165) is 4.90 Å². The van der Waals surface area contributed by atoms with Crippen molar-refractivity contribution < 1.29 is 14.5 Å². The summed E-state index contributed by atoms with van der Waals surface area (Å²) in [5.74, 6) is -0.746. The third kappa shape index (κ3) is 3.81. The van der Waals surface area contributed by atoms with Crippen LogP contribution in [0, 0.1) is 10.1 Å². The monoisotopic (exact) mass is 367 g/mol. The molecule has 0 bridgehead atoms. The van der Waals surface area contributed by atoms with Crippen molar-refractivity contribution in [3.63, 3.8) is 0 Å². The molecular formula is C15H11Cl2N3O4. The predicted molar refractivity (Wildman–Crippen MR) is 90.8 cm³/mol. The Balaban J connectivity index is 2.14. The van der Waals surface area contributed by atoms with Crippen molar-refractivity contribution in [2.45, 2.75) is 0 Å². The molecule has 0 fully saturated rings. The van der Waals surface area contributed by atoms with Crippen LogP contribution < -0.4 is 10.2 Å². The minimum absolute atomic E-state index is 0.00807. The molecule has 9 heteroatoms. The number of non-ortho nitro benzene ring substituents is 1. The van der Waals surface area contributed by atoms with Crippen molar-refractivity contribution in [2.24, 2.45) is 0 Å². The maximum atomic E-state index is 12.2. The lowest BCUT2D eigenvalue weighted by atomic mass is 10.2. The molecule has 0 unspecified atom stereocenters. The highest BCUT2D eigenvalue weighted by Crippen LogP contribution is 2.24. The van der Waals surface area contributed by atoms with E-state index in [0.29, 0.717) is 5.69 Å². The lowest BCUT2D eigenvalue weighted by Gasteiger charge is -2.17. The number of rotatable bonds is 3. The number of hydrogen-bond donors (Lipinski definition) is 1. The van der Waals surface area contributed by atoms with Crippen molar-refractivity contribution in [3.8, 4) is 0 Å². The van der Waals surface area contributed by atoms with E-state index in [2.05, 4.69) is 5.32 Å². The number of carbonyl (C=O) groups excluding carboxylic acids is 2.